The van der Waals surface area contributed by atoms with Crippen molar-refractivity contribution in [3.63, 3.8) is 0 Å². The minimum atomic E-state index is -0.771. The molecule has 16 heavy (non-hydrogen) atoms. The summed E-state index contributed by atoms with van der Waals surface area (Å²) in [6, 6.07) is 0. The number of amides is 1. The van der Waals surface area contributed by atoms with Crippen molar-refractivity contribution in [3.05, 3.63) is 17.3 Å². The van der Waals surface area contributed by atoms with E-state index in [1.165, 1.54) is 4.90 Å². The lowest BCUT2D eigenvalue weighted by Crippen LogP contribution is -2.27. The average molecular weight is 264 g/mol. The Bertz CT molecular complexity index is 429. The Morgan fingerprint density at radius 3 is 2.94 bits per heavy atom. The summed E-state index contributed by atoms with van der Waals surface area (Å²) in [5.74, 6) is -0.644. The van der Waals surface area contributed by atoms with Crippen LogP contribution in [-0.4, -0.2) is 28.3 Å². The molecule has 0 N–H and O–H groups in total. The third kappa shape index (κ3) is 1.97. The van der Waals surface area contributed by atoms with E-state index in [9.17, 15) is 9.18 Å². The molecule has 7 heteroatoms. The van der Waals surface area contributed by atoms with Crippen LogP contribution in [0.5, 0.6) is 0 Å². The van der Waals surface area contributed by atoms with Crippen molar-refractivity contribution in [2.24, 2.45) is 5.92 Å². The molecule has 1 aromatic rings. The Morgan fingerprint density at radius 1 is 1.56 bits per heavy atom. The highest BCUT2D eigenvalue weighted by Gasteiger charge is 2.33. The average Bonchev–Trinajstić information content (AvgIpc) is 2.64. The maximum Gasteiger partial charge on any atom is 0.228 e. The van der Waals surface area contributed by atoms with Crippen LogP contribution in [0.4, 0.5) is 10.2 Å². The summed E-state index contributed by atoms with van der Waals surface area (Å²) in [5.41, 5.74) is 0. The first-order valence-corrected chi connectivity index (χ1v) is 5.57. The summed E-state index contributed by atoms with van der Waals surface area (Å²) in [5, 5.41) is -0.285. The summed E-state index contributed by atoms with van der Waals surface area (Å²) in [6.45, 7) is 0.368. The number of nitrogens with zero attached hydrogens (tertiary/aromatic N) is 3. The molecule has 2 heterocycles. The highest BCUT2D eigenvalue weighted by Crippen LogP contribution is 2.27. The van der Waals surface area contributed by atoms with Crippen LogP contribution in [-0.2, 0) is 4.79 Å². The molecule has 2 rings (SSSR count). The number of carbonyl (C=O) groups excluding carboxylic acids is 1. The number of alkyl halides is 1. The first-order valence-electron chi connectivity index (χ1n) is 4.65. The van der Waals surface area contributed by atoms with Gasteiger partial charge in [-0.25, -0.2) is 9.97 Å². The maximum atomic E-state index is 13.6. The topological polar surface area (TPSA) is 46.1 Å². The predicted molar refractivity (Wildman–Crippen MR) is 58.2 cm³/mol. The number of hydrogen-bond acceptors (Lipinski definition) is 3. The third-order valence-electron chi connectivity index (χ3n) is 2.41. The molecule has 0 radical (unpaired) electrons. The van der Waals surface area contributed by atoms with Crippen LogP contribution in [0, 0.1) is 11.7 Å². The van der Waals surface area contributed by atoms with Gasteiger partial charge in [0, 0.05) is 18.8 Å². The Hall–Kier alpha value is -0.940. The molecule has 1 amide bonds. The molecule has 1 aliphatic rings. The molecule has 1 aromatic heterocycles. The number of aromatic nitrogens is 2. The van der Waals surface area contributed by atoms with Crippen LogP contribution in [0.1, 0.15) is 6.42 Å². The summed E-state index contributed by atoms with van der Waals surface area (Å²) in [4.78, 5) is 20.1. The zero-order valence-electron chi connectivity index (χ0n) is 8.16. The van der Waals surface area contributed by atoms with E-state index in [-0.39, 0.29) is 22.8 Å². The van der Waals surface area contributed by atoms with Gasteiger partial charge in [-0.2, -0.15) is 4.39 Å². The zero-order valence-corrected chi connectivity index (χ0v) is 9.67. The fourth-order valence-electron chi connectivity index (χ4n) is 1.62. The van der Waals surface area contributed by atoms with E-state index < -0.39 is 5.82 Å². The summed E-state index contributed by atoms with van der Waals surface area (Å²) < 4.78 is 13.6. The fraction of sp³-hybridized carbons (Fsp3) is 0.444. The van der Waals surface area contributed by atoms with Gasteiger partial charge in [0.25, 0.3) is 0 Å². The minimum absolute atomic E-state index is 0.0299. The molecular formula is C9H8Cl2FN3O. The molecule has 0 saturated carbocycles. The number of hydrogen-bond donors (Lipinski definition) is 0. The highest BCUT2D eigenvalue weighted by molar-refractivity contribution is 6.29. The van der Waals surface area contributed by atoms with E-state index in [4.69, 9.17) is 23.2 Å². The van der Waals surface area contributed by atoms with Gasteiger partial charge < -0.3 is 0 Å². The quantitative estimate of drug-likeness (QED) is 0.605. The Balaban J connectivity index is 2.31. The number of rotatable bonds is 2. The fourth-order valence-corrected chi connectivity index (χ4v) is 1.95. The first kappa shape index (κ1) is 11.5. The normalized spacial score (nSPS) is 20.6. The van der Waals surface area contributed by atoms with Crippen molar-refractivity contribution in [1.82, 2.24) is 9.97 Å². The smallest absolute Gasteiger partial charge is 0.228 e. The Labute approximate surface area is 101 Å². The largest absolute Gasteiger partial charge is 0.294 e. The lowest BCUT2D eigenvalue weighted by molar-refractivity contribution is -0.117. The van der Waals surface area contributed by atoms with Crippen LogP contribution in [0.25, 0.3) is 0 Å². The summed E-state index contributed by atoms with van der Waals surface area (Å²) in [7, 11) is 0. The van der Waals surface area contributed by atoms with Gasteiger partial charge in [0.15, 0.2) is 11.0 Å². The van der Waals surface area contributed by atoms with Crippen molar-refractivity contribution < 1.29 is 9.18 Å². The third-order valence-corrected chi connectivity index (χ3v) is 3.11. The van der Waals surface area contributed by atoms with Crippen molar-refractivity contribution in [3.8, 4) is 0 Å². The van der Waals surface area contributed by atoms with Crippen LogP contribution >= 0.6 is 23.2 Å². The molecule has 0 aliphatic carbocycles. The molecule has 1 saturated heterocycles. The maximum absolute atomic E-state index is 13.6. The summed E-state index contributed by atoms with van der Waals surface area (Å²) in [6.07, 6.45) is 1.44. The zero-order chi connectivity index (χ0) is 11.7. The lowest BCUT2D eigenvalue weighted by Gasteiger charge is -2.15. The molecule has 86 valence electrons. The Morgan fingerprint density at radius 2 is 2.31 bits per heavy atom. The van der Waals surface area contributed by atoms with E-state index in [2.05, 4.69) is 9.97 Å². The van der Waals surface area contributed by atoms with Crippen molar-refractivity contribution >= 4 is 34.9 Å². The van der Waals surface area contributed by atoms with Gasteiger partial charge >= 0.3 is 0 Å². The molecule has 0 bridgehead atoms. The lowest BCUT2D eigenvalue weighted by atomic mass is 10.1. The summed E-state index contributed by atoms with van der Waals surface area (Å²) >= 11 is 11.2. The molecular weight excluding hydrogens is 256 g/mol. The van der Waals surface area contributed by atoms with Gasteiger partial charge in [-0.05, 0) is 5.92 Å². The van der Waals surface area contributed by atoms with Gasteiger partial charge in [0.05, 0.1) is 0 Å². The van der Waals surface area contributed by atoms with E-state index >= 15 is 0 Å². The first-order chi connectivity index (χ1) is 7.63. The second kappa shape index (κ2) is 4.51. The molecule has 0 spiro atoms. The molecule has 1 aliphatic heterocycles. The van der Waals surface area contributed by atoms with Crippen LogP contribution in [0.15, 0.2) is 6.33 Å². The molecule has 1 atom stereocenters. The highest BCUT2D eigenvalue weighted by atomic mass is 35.5. The van der Waals surface area contributed by atoms with Crippen molar-refractivity contribution in [2.75, 3.05) is 17.3 Å². The SMILES string of the molecule is O=C1CC(CCl)CN1c1ncnc(Cl)c1F. The van der Waals surface area contributed by atoms with E-state index in [1.54, 1.807) is 0 Å². The second-order valence-corrected chi connectivity index (χ2v) is 4.20. The number of halogens is 3. The van der Waals surface area contributed by atoms with Crippen LogP contribution in [0.2, 0.25) is 5.15 Å². The van der Waals surface area contributed by atoms with E-state index in [0.717, 1.165) is 6.33 Å². The minimum Gasteiger partial charge on any atom is -0.294 e. The van der Waals surface area contributed by atoms with E-state index in [1.807, 2.05) is 0 Å². The monoisotopic (exact) mass is 263 g/mol. The predicted octanol–water partition coefficient (Wildman–Crippen LogP) is 1.86. The molecule has 1 unspecified atom stereocenters. The van der Waals surface area contributed by atoms with Crippen LogP contribution in [0.3, 0.4) is 0 Å². The Kier molecular flexibility index (Phi) is 3.25. The van der Waals surface area contributed by atoms with Gasteiger partial charge in [-0.3, -0.25) is 9.69 Å². The van der Waals surface area contributed by atoms with Crippen molar-refractivity contribution in [1.29, 1.82) is 0 Å². The number of anilines is 1. The molecule has 4 nitrogen and oxygen atoms in total. The van der Waals surface area contributed by atoms with Crippen molar-refractivity contribution in [2.45, 2.75) is 6.42 Å². The van der Waals surface area contributed by atoms with E-state index in [0.29, 0.717) is 18.8 Å². The van der Waals surface area contributed by atoms with Gasteiger partial charge in [0.2, 0.25) is 11.7 Å². The molecule has 1 fully saturated rings. The standard InChI is InChI=1S/C9H8Cl2FN3O/c10-2-5-1-6(16)15(3-5)9-7(12)8(11)13-4-14-9/h4-5H,1-3H2. The van der Waals surface area contributed by atoms with Gasteiger partial charge in [-0.15, -0.1) is 11.6 Å². The second-order valence-electron chi connectivity index (χ2n) is 3.53. The van der Waals surface area contributed by atoms with Crippen LogP contribution < -0.4 is 4.90 Å². The van der Waals surface area contributed by atoms with Gasteiger partial charge in [0.1, 0.15) is 6.33 Å². The number of carbonyl (C=O) groups is 1. The molecule has 0 aromatic carbocycles. The van der Waals surface area contributed by atoms with Gasteiger partial charge in [-0.1, -0.05) is 11.6 Å².